The van der Waals surface area contributed by atoms with E-state index in [1.807, 2.05) is 60.4 Å². The first-order valence-electron chi connectivity index (χ1n) is 13.6. The van der Waals surface area contributed by atoms with Crippen molar-refractivity contribution >= 4 is 22.8 Å². The van der Waals surface area contributed by atoms with Crippen LogP contribution in [-0.2, 0) is 13.7 Å². The summed E-state index contributed by atoms with van der Waals surface area (Å²) in [6.45, 7) is 0.465. The quantitative estimate of drug-likeness (QED) is 0.268. The van der Waals surface area contributed by atoms with Crippen LogP contribution in [0.15, 0.2) is 73.3 Å². The number of carboxylic acid groups (broad SMARTS) is 1. The number of aromatic nitrogens is 6. The fraction of sp³-hybridized carbons (Fsp3) is 0.300. The highest BCUT2D eigenvalue weighted by molar-refractivity contribution is 5.95. The lowest BCUT2D eigenvalue weighted by atomic mass is 9.93. The molecule has 4 aromatic heterocycles. The minimum Gasteiger partial charge on any atom is -0.489 e. The van der Waals surface area contributed by atoms with Crippen molar-refractivity contribution in [3.05, 3.63) is 78.9 Å². The molecule has 0 aliphatic heterocycles. The molecule has 0 radical (unpaired) electrons. The van der Waals surface area contributed by atoms with E-state index in [1.165, 1.54) is 7.05 Å². The summed E-state index contributed by atoms with van der Waals surface area (Å²) in [7, 11) is 3.35. The number of hydrogen-bond donors (Lipinski definition) is 1. The van der Waals surface area contributed by atoms with E-state index >= 15 is 0 Å². The van der Waals surface area contributed by atoms with Gasteiger partial charge in [-0.25, -0.2) is 14.8 Å². The summed E-state index contributed by atoms with van der Waals surface area (Å²) < 4.78 is 15.8. The van der Waals surface area contributed by atoms with E-state index in [1.54, 1.807) is 29.3 Å². The number of ether oxygens (including phenoxy) is 2. The highest BCUT2D eigenvalue weighted by Gasteiger charge is 2.27. The molecule has 0 saturated heterocycles. The van der Waals surface area contributed by atoms with Crippen LogP contribution in [0.3, 0.4) is 0 Å². The Bertz CT molecular complexity index is 1640. The molecule has 11 nitrogen and oxygen atoms in total. The molecule has 1 aliphatic rings. The van der Waals surface area contributed by atoms with Gasteiger partial charge >= 0.3 is 6.09 Å². The molecule has 1 saturated carbocycles. The van der Waals surface area contributed by atoms with Gasteiger partial charge in [-0.3, -0.25) is 14.3 Å². The topological polar surface area (TPSA) is 120 Å². The number of amides is 1. The maximum absolute atomic E-state index is 11.6. The Balaban J connectivity index is 1.15. The number of rotatable bonds is 8. The van der Waals surface area contributed by atoms with Gasteiger partial charge in [-0.2, -0.15) is 10.2 Å². The highest BCUT2D eigenvalue weighted by atomic mass is 16.5. The molecule has 0 spiro atoms. The number of benzene rings is 1. The molecule has 41 heavy (non-hydrogen) atoms. The number of carbonyl (C=O) groups is 1. The van der Waals surface area contributed by atoms with Crippen LogP contribution >= 0.6 is 0 Å². The summed E-state index contributed by atoms with van der Waals surface area (Å²) in [4.78, 5) is 21.5. The Morgan fingerprint density at radius 2 is 1.85 bits per heavy atom. The summed E-state index contributed by atoms with van der Waals surface area (Å²) in [5.41, 5.74) is 3.61. The standard InChI is InChI=1S/C30H31N7O4/c1-35-18-21(15-33-35)29-25-17-31-27(36(2)30(38)39)14-26(25)37(34-29)22-8-10-23(11-9-22)41-24-12-13-28(32-16-24)40-19-20-6-4-3-5-7-20/h3-7,12-18,22-23H,8-11,19H2,1-2H3,(H,38,39)/t22-,23+. The van der Waals surface area contributed by atoms with Gasteiger partial charge in [0.25, 0.3) is 0 Å². The van der Waals surface area contributed by atoms with Gasteiger partial charge in [-0.1, -0.05) is 30.3 Å². The Morgan fingerprint density at radius 3 is 2.54 bits per heavy atom. The molecule has 4 heterocycles. The first-order valence-corrected chi connectivity index (χ1v) is 13.6. The highest BCUT2D eigenvalue weighted by Crippen LogP contribution is 2.36. The maximum atomic E-state index is 11.6. The van der Waals surface area contributed by atoms with E-state index in [2.05, 4.69) is 15.1 Å². The molecule has 0 bridgehead atoms. The number of nitrogens with zero attached hydrogens (tertiary/aromatic N) is 7. The van der Waals surface area contributed by atoms with Crippen LogP contribution < -0.4 is 14.4 Å². The molecule has 1 fully saturated rings. The van der Waals surface area contributed by atoms with Crippen LogP contribution in [0, 0.1) is 0 Å². The molecule has 0 atom stereocenters. The Hall–Kier alpha value is -4.93. The van der Waals surface area contributed by atoms with Gasteiger partial charge in [0, 0.05) is 49.6 Å². The number of anilines is 1. The van der Waals surface area contributed by atoms with Crippen LogP contribution in [0.4, 0.5) is 10.6 Å². The minimum absolute atomic E-state index is 0.0686. The normalized spacial score (nSPS) is 16.9. The van der Waals surface area contributed by atoms with Crippen LogP contribution in [0.2, 0.25) is 0 Å². The van der Waals surface area contributed by atoms with Crippen LogP contribution in [0.1, 0.15) is 37.3 Å². The van der Waals surface area contributed by atoms with Crippen molar-refractivity contribution in [2.75, 3.05) is 11.9 Å². The van der Waals surface area contributed by atoms with Crippen LogP contribution in [-0.4, -0.2) is 53.9 Å². The van der Waals surface area contributed by atoms with E-state index in [-0.39, 0.29) is 12.1 Å². The molecule has 6 rings (SSSR count). The third-order valence-corrected chi connectivity index (χ3v) is 7.42. The summed E-state index contributed by atoms with van der Waals surface area (Å²) in [6.07, 6.45) is 9.54. The second kappa shape index (κ2) is 11.3. The van der Waals surface area contributed by atoms with E-state index in [4.69, 9.17) is 14.6 Å². The third-order valence-electron chi connectivity index (χ3n) is 7.42. The fourth-order valence-electron chi connectivity index (χ4n) is 5.19. The number of pyridine rings is 2. The van der Waals surface area contributed by atoms with Crippen molar-refractivity contribution in [3.8, 4) is 22.9 Å². The van der Waals surface area contributed by atoms with E-state index < -0.39 is 6.09 Å². The molecule has 5 aromatic rings. The Kier molecular flexibility index (Phi) is 7.24. The summed E-state index contributed by atoms with van der Waals surface area (Å²) in [5.74, 6) is 1.63. The van der Waals surface area contributed by atoms with Gasteiger partial charge < -0.3 is 14.6 Å². The third kappa shape index (κ3) is 5.69. The predicted molar refractivity (Wildman–Crippen MR) is 153 cm³/mol. The number of hydrogen-bond acceptors (Lipinski definition) is 7. The van der Waals surface area contributed by atoms with Crippen molar-refractivity contribution in [2.24, 2.45) is 7.05 Å². The average Bonchev–Trinajstić information content (AvgIpc) is 3.60. The zero-order valence-electron chi connectivity index (χ0n) is 22.9. The van der Waals surface area contributed by atoms with Gasteiger partial charge in [0.1, 0.15) is 23.9 Å². The molecule has 11 heteroatoms. The molecule has 210 valence electrons. The molecule has 1 amide bonds. The Labute approximate surface area is 237 Å². The first kappa shape index (κ1) is 26.3. The second-order valence-corrected chi connectivity index (χ2v) is 10.3. The van der Waals surface area contributed by atoms with E-state index in [0.29, 0.717) is 18.3 Å². The Morgan fingerprint density at radius 1 is 1.05 bits per heavy atom. The maximum Gasteiger partial charge on any atom is 0.412 e. The lowest BCUT2D eigenvalue weighted by Crippen LogP contribution is -2.26. The fourth-order valence-corrected chi connectivity index (χ4v) is 5.19. The lowest BCUT2D eigenvalue weighted by molar-refractivity contribution is 0.130. The molecule has 1 N–H and O–H groups in total. The van der Waals surface area contributed by atoms with Gasteiger partial charge in [0.15, 0.2) is 0 Å². The van der Waals surface area contributed by atoms with Crippen molar-refractivity contribution in [2.45, 2.75) is 44.4 Å². The zero-order chi connectivity index (χ0) is 28.3. The lowest BCUT2D eigenvalue weighted by Gasteiger charge is -2.29. The summed E-state index contributed by atoms with van der Waals surface area (Å²) in [6, 6.07) is 15.7. The van der Waals surface area contributed by atoms with Crippen molar-refractivity contribution in [3.63, 3.8) is 0 Å². The number of aryl methyl sites for hydroxylation is 1. The van der Waals surface area contributed by atoms with Gasteiger partial charge in [-0.15, -0.1) is 0 Å². The summed E-state index contributed by atoms with van der Waals surface area (Å²) in [5, 5.41) is 19.6. The molecule has 0 unspecified atom stereocenters. The molecular formula is C30H31N7O4. The smallest absolute Gasteiger partial charge is 0.412 e. The van der Waals surface area contributed by atoms with Gasteiger partial charge in [0.05, 0.1) is 30.1 Å². The number of fused-ring (bicyclic) bond motifs is 1. The monoisotopic (exact) mass is 553 g/mol. The first-order chi connectivity index (χ1) is 19.9. The molecular weight excluding hydrogens is 522 g/mol. The second-order valence-electron chi connectivity index (χ2n) is 10.3. The van der Waals surface area contributed by atoms with Crippen LogP contribution in [0.25, 0.3) is 22.2 Å². The van der Waals surface area contributed by atoms with E-state index in [0.717, 1.165) is 64.1 Å². The SMILES string of the molecule is CN(C(=O)O)c1cc2c(cn1)c(-c1cnn(C)c1)nn2[C@H]1CC[C@@H](Oc2ccc(OCc3ccccc3)nc2)CC1. The van der Waals surface area contributed by atoms with Gasteiger partial charge in [-0.05, 0) is 37.3 Å². The predicted octanol–water partition coefficient (Wildman–Crippen LogP) is 5.48. The van der Waals surface area contributed by atoms with Crippen LogP contribution in [0.5, 0.6) is 11.6 Å². The van der Waals surface area contributed by atoms with Crippen molar-refractivity contribution in [1.82, 2.24) is 29.5 Å². The summed E-state index contributed by atoms with van der Waals surface area (Å²) >= 11 is 0. The zero-order valence-corrected chi connectivity index (χ0v) is 22.9. The largest absolute Gasteiger partial charge is 0.489 e. The van der Waals surface area contributed by atoms with Crippen molar-refractivity contribution in [1.29, 1.82) is 0 Å². The minimum atomic E-state index is -1.07. The molecule has 1 aromatic carbocycles. The average molecular weight is 554 g/mol. The van der Waals surface area contributed by atoms with Crippen molar-refractivity contribution < 1.29 is 19.4 Å². The van der Waals surface area contributed by atoms with Gasteiger partial charge in [0.2, 0.25) is 5.88 Å². The molecule has 1 aliphatic carbocycles. The van der Waals surface area contributed by atoms with E-state index in [9.17, 15) is 9.90 Å².